The molecule has 2 rings (SSSR count). The van der Waals surface area contributed by atoms with Gasteiger partial charge in [0.1, 0.15) is 0 Å². The summed E-state index contributed by atoms with van der Waals surface area (Å²) in [6, 6.07) is 13.5. The van der Waals surface area contributed by atoms with E-state index in [4.69, 9.17) is 0 Å². The van der Waals surface area contributed by atoms with Gasteiger partial charge in [0.05, 0.1) is 12.2 Å². The van der Waals surface area contributed by atoms with Crippen molar-refractivity contribution >= 4 is 5.91 Å². The minimum Gasteiger partial charge on any atom is -0.351 e. The zero-order chi connectivity index (χ0) is 13.3. The van der Waals surface area contributed by atoms with Crippen LogP contribution in [0.2, 0.25) is 0 Å². The second-order valence-corrected chi connectivity index (χ2v) is 4.08. The molecule has 1 aromatic heterocycles. The number of rotatable bonds is 6. The van der Waals surface area contributed by atoms with Crippen LogP contribution >= 0.6 is 0 Å². The van der Waals surface area contributed by atoms with Gasteiger partial charge in [-0.1, -0.05) is 30.3 Å². The lowest BCUT2D eigenvalue weighted by Crippen LogP contribution is -2.33. The van der Waals surface area contributed by atoms with Crippen molar-refractivity contribution in [3.63, 3.8) is 0 Å². The minimum atomic E-state index is -0.0345. The predicted octanol–water partition coefficient (Wildman–Crippen LogP) is 0.883. The van der Waals surface area contributed by atoms with Gasteiger partial charge in [-0.3, -0.25) is 4.79 Å². The van der Waals surface area contributed by atoms with Gasteiger partial charge in [0.15, 0.2) is 0 Å². The van der Waals surface area contributed by atoms with Crippen molar-refractivity contribution in [2.75, 3.05) is 6.54 Å². The van der Waals surface area contributed by atoms with Gasteiger partial charge in [0, 0.05) is 19.3 Å². The SMILES string of the molecule is O=C(CNCc1cccnn1)NCc1ccccc1. The summed E-state index contributed by atoms with van der Waals surface area (Å²) >= 11 is 0. The molecule has 5 heteroatoms. The fraction of sp³-hybridized carbons (Fsp3) is 0.214. The maximum atomic E-state index is 11.6. The summed E-state index contributed by atoms with van der Waals surface area (Å²) in [5, 5.41) is 13.6. The van der Waals surface area contributed by atoms with Gasteiger partial charge < -0.3 is 10.6 Å². The van der Waals surface area contributed by atoms with Crippen LogP contribution in [0, 0.1) is 0 Å². The van der Waals surface area contributed by atoms with Crippen molar-refractivity contribution in [3.05, 3.63) is 59.9 Å². The fourth-order valence-electron chi connectivity index (χ4n) is 1.59. The van der Waals surface area contributed by atoms with Crippen molar-refractivity contribution in [2.45, 2.75) is 13.1 Å². The van der Waals surface area contributed by atoms with Gasteiger partial charge in [-0.05, 0) is 17.7 Å². The van der Waals surface area contributed by atoms with E-state index in [1.807, 2.05) is 42.5 Å². The van der Waals surface area contributed by atoms with Crippen molar-refractivity contribution in [1.29, 1.82) is 0 Å². The molecule has 0 radical (unpaired) electrons. The van der Waals surface area contributed by atoms with E-state index < -0.39 is 0 Å². The van der Waals surface area contributed by atoms with E-state index in [2.05, 4.69) is 20.8 Å². The molecule has 0 aliphatic carbocycles. The number of aromatic nitrogens is 2. The third kappa shape index (κ3) is 4.85. The number of carbonyl (C=O) groups excluding carboxylic acids is 1. The number of nitrogens with zero attached hydrogens (tertiary/aromatic N) is 2. The van der Waals surface area contributed by atoms with Crippen LogP contribution in [0.5, 0.6) is 0 Å². The topological polar surface area (TPSA) is 66.9 Å². The molecule has 2 aromatic rings. The average Bonchev–Trinajstić information content (AvgIpc) is 2.47. The molecule has 0 atom stereocenters. The highest BCUT2D eigenvalue weighted by Gasteiger charge is 2.01. The van der Waals surface area contributed by atoms with Crippen LogP contribution in [0.4, 0.5) is 0 Å². The Labute approximate surface area is 112 Å². The highest BCUT2D eigenvalue weighted by Crippen LogP contribution is 1.96. The van der Waals surface area contributed by atoms with Gasteiger partial charge >= 0.3 is 0 Å². The fourth-order valence-corrected chi connectivity index (χ4v) is 1.59. The van der Waals surface area contributed by atoms with E-state index in [1.54, 1.807) is 6.20 Å². The molecule has 1 amide bonds. The molecule has 0 spiro atoms. The van der Waals surface area contributed by atoms with Crippen molar-refractivity contribution in [2.24, 2.45) is 0 Å². The van der Waals surface area contributed by atoms with Crippen LogP contribution in [0.25, 0.3) is 0 Å². The molecular formula is C14H16N4O. The Morgan fingerprint density at radius 3 is 2.63 bits per heavy atom. The van der Waals surface area contributed by atoms with Crippen LogP contribution in [0.1, 0.15) is 11.3 Å². The van der Waals surface area contributed by atoms with Crippen LogP contribution in [0.15, 0.2) is 48.7 Å². The Morgan fingerprint density at radius 1 is 1.05 bits per heavy atom. The molecule has 0 fully saturated rings. The number of hydrogen-bond acceptors (Lipinski definition) is 4. The van der Waals surface area contributed by atoms with Gasteiger partial charge in [0.2, 0.25) is 5.91 Å². The van der Waals surface area contributed by atoms with Crippen molar-refractivity contribution in [3.8, 4) is 0 Å². The molecule has 0 bridgehead atoms. The Morgan fingerprint density at radius 2 is 1.89 bits per heavy atom. The smallest absolute Gasteiger partial charge is 0.234 e. The minimum absolute atomic E-state index is 0.0345. The number of amides is 1. The Bertz CT molecular complexity index is 501. The molecule has 0 aliphatic heterocycles. The van der Waals surface area contributed by atoms with E-state index in [0.717, 1.165) is 11.3 Å². The normalized spacial score (nSPS) is 10.1. The molecular weight excluding hydrogens is 240 g/mol. The lowest BCUT2D eigenvalue weighted by molar-refractivity contribution is -0.120. The molecule has 2 N–H and O–H groups in total. The summed E-state index contributed by atoms with van der Waals surface area (Å²) in [5.41, 5.74) is 1.91. The first-order valence-electron chi connectivity index (χ1n) is 6.12. The average molecular weight is 256 g/mol. The van der Waals surface area contributed by atoms with Gasteiger partial charge in [-0.2, -0.15) is 10.2 Å². The monoisotopic (exact) mass is 256 g/mol. The second kappa shape index (κ2) is 7.23. The summed E-state index contributed by atoms with van der Waals surface area (Å²) in [4.78, 5) is 11.6. The standard InChI is InChI=1S/C14H16N4O/c19-14(16-9-12-5-2-1-3-6-12)11-15-10-13-7-4-8-17-18-13/h1-8,15H,9-11H2,(H,16,19). The second-order valence-electron chi connectivity index (χ2n) is 4.08. The third-order valence-corrected chi connectivity index (χ3v) is 2.55. The lowest BCUT2D eigenvalue weighted by Gasteiger charge is -2.06. The largest absolute Gasteiger partial charge is 0.351 e. The van der Waals surface area contributed by atoms with Gasteiger partial charge in [0.25, 0.3) is 0 Å². The summed E-state index contributed by atoms with van der Waals surface area (Å²) in [7, 11) is 0. The molecule has 98 valence electrons. The first-order valence-corrected chi connectivity index (χ1v) is 6.12. The predicted molar refractivity (Wildman–Crippen MR) is 72.0 cm³/mol. The summed E-state index contributed by atoms with van der Waals surface area (Å²) in [6.45, 7) is 1.35. The van der Waals surface area contributed by atoms with Crippen LogP contribution in [-0.2, 0) is 17.9 Å². The lowest BCUT2D eigenvalue weighted by atomic mass is 10.2. The van der Waals surface area contributed by atoms with E-state index in [9.17, 15) is 4.79 Å². The summed E-state index contributed by atoms with van der Waals surface area (Å²) in [6.07, 6.45) is 1.62. The maximum absolute atomic E-state index is 11.6. The quantitative estimate of drug-likeness (QED) is 0.805. The Kier molecular flexibility index (Phi) is 5.01. The first-order chi connectivity index (χ1) is 9.34. The highest BCUT2D eigenvalue weighted by atomic mass is 16.1. The molecule has 1 heterocycles. The molecule has 0 aliphatic rings. The molecule has 5 nitrogen and oxygen atoms in total. The Hall–Kier alpha value is -2.27. The zero-order valence-electron chi connectivity index (χ0n) is 10.5. The third-order valence-electron chi connectivity index (χ3n) is 2.55. The Balaban J connectivity index is 1.65. The number of carbonyl (C=O) groups is 1. The molecule has 0 saturated heterocycles. The highest BCUT2D eigenvalue weighted by molar-refractivity contribution is 5.77. The van der Waals surface area contributed by atoms with E-state index in [-0.39, 0.29) is 12.5 Å². The zero-order valence-corrected chi connectivity index (χ0v) is 10.5. The number of hydrogen-bond donors (Lipinski definition) is 2. The van der Waals surface area contributed by atoms with E-state index in [1.165, 1.54) is 0 Å². The van der Waals surface area contributed by atoms with Gasteiger partial charge in [-0.25, -0.2) is 0 Å². The molecule has 1 aromatic carbocycles. The van der Waals surface area contributed by atoms with Crippen LogP contribution in [-0.4, -0.2) is 22.6 Å². The van der Waals surface area contributed by atoms with Gasteiger partial charge in [-0.15, -0.1) is 0 Å². The van der Waals surface area contributed by atoms with E-state index in [0.29, 0.717) is 13.1 Å². The molecule has 0 unspecified atom stereocenters. The van der Waals surface area contributed by atoms with Crippen molar-refractivity contribution < 1.29 is 4.79 Å². The van der Waals surface area contributed by atoms with Crippen LogP contribution in [0.3, 0.4) is 0 Å². The molecule has 0 saturated carbocycles. The maximum Gasteiger partial charge on any atom is 0.234 e. The summed E-state index contributed by atoms with van der Waals surface area (Å²) in [5.74, 6) is -0.0345. The molecule has 19 heavy (non-hydrogen) atoms. The number of benzene rings is 1. The van der Waals surface area contributed by atoms with Crippen molar-refractivity contribution in [1.82, 2.24) is 20.8 Å². The number of nitrogens with one attached hydrogen (secondary N) is 2. The van der Waals surface area contributed by atoms with E-state index >= 15 is 0 Å². The first kappa shape index (κ1) is 13.2. The summed E-state index contributed by atoms with van der Waals surface area (Å²) < 4.78 is 0. The van der Waals surface area contributed by atoms with Crippen LogP contribution < -0.4 is 10.6 Å².